The van der Waals surface area contributed by atoms with Gasteiger partial charge < -0.3 is 10.6 Å². The topological polar surface area (TPSA) is 78.9 Å². The Morgan fingerprint density at radius 3 is 2.87 bits per heavy atom. The van der Waals surface area contributed by atoms with Crippen LogP contribution in [0.1, 0.15) is 48.3 Å². The van der Waals surface area contributed by atoms with Crippen LogP contribution >= 0.6 is 0 Å². The third-order valence-electron chi connectivity index (χ3n) is 6.86. The Kier molecular flexibility index (Phi) is 4.65. The number of rotatable bonds is 3. The number of hydrogen-bond donors (Lipinski definition) is 2. The Labute approximate surface area is 182 Å². The number of piperidine rings is 1. The van der Waals surface area contributed by atoms with Gasteiger partial charge in [-0.1, -0.05) is 13.0 Å². The highest BCUT2D eigenvalue weighted by atomic mass is 15.2. The maximum absolute atomic E-state index is 5.01. The van der Waals surface area contributed by atoms with Crippen LogP contribution in [0.15, 0.2) is 36.8 Å². The van der Waals surface area contributed by atoms with Crippen LogP contribution in [-0.2, 0) is 13.0 Å². The van der Waals surface area contributed by atoms with Gasteiger partial charge in [-0.3, -0.25) is 9.88 Å². The summed E-state index contributed by atoms with van der Waals surface area (Å²) < 4.78 is 0. The van der Waals surface area contributed by atoms with E-state index in [4.69, 9.17) is 9.97 Å². The largest absolute Gasteiger partial charge is 0.312 e. The second-order valence-electron chi connectivity index (χ2n) is 8.93. The molecular weight excluding hydrogens is 386 g/mol. The quantitative estimate of drug-likeness (QED) is 0.681. The molecule has 1 saturated heterocycles. The van der Waals surface area contributed by atoms with E-state index in [9.17, 15) is 0 Å². The van der Waals surface area contributed by atoms with Crippen LogP contribution in [0.3, 0.4) is 0 Å². The van der Waals surface area contributed by atoms with Crippen molar-refractivity contribution in [2.45, 2.75) is 38.8 Å². The summed E-state index contributed by atoms with van der Waals surface area (Å²) in [6.45, 7) is 6.39. The molecule has 7 nitrogen and oxygen atoms in total. The van der Waals surface area contributed by atoms with Crippen molar-refractivity contribution in [3.63, 3.8) is 0 Å². The van der Waals surface area contributed by atoms with E-state index in [2.05, 4.69) is 44.6 Å². The number of pyridine rings is 2. The predicted octanol–water partition coefficient (Wildman–Crippen LogP) is 3.46. The summed E-state index contributed by atoms with van der Waals surface area (Å²) in [7, 11) is 0. The zero-order valence-electron chi connectivity index (χ0n) is 17.8. The Hall–Kier alpha value is -2.90. The number of nitrogens with one attached hydrogen (secondary N) is 2. The molecule has 158 valence electrons. The normalized spacial score (nSPS) is 20.7. The molecule has 0 radical (unpaired) electrons. The molecule has 31 heavy (non-hydrogen) atoms. The van der Waals surface area contributed by atoms with E-state index in [0.29, 0.717) is 5.95 Å². The van der Waals surface area contributed by atoms with Crippen molar-refractivity contribution in [3.8, 4) is 11.1 Å². The average Bonchev–Trinajstić information content (AvgIpc) is 3.13. The van der Waals surface area contributed by atoms with Crippen LogP contribution in [0, 0.1) is 5.92 Å². The van der Waals surface area contributed by atoms with Crippen molar-refractivity contribution < 1.29 is 0 Å². The number of anilines is 2. The van der Waals surface area contributed by atoms with Crippen LogP contribution in [-0.4, -0.2) is 44.5 Å². The van der Waals surface area contributed by atoms with Crippen LogP contribution in [0.5, 0.6) is 0 Å². The molecule has 0 unspecified atom stereocenters. The molecule has 6 rings (SSSR count). The van der Waals surface area contributed by atoms with Gasteiger partial charge in [-0.2, -0.15) is 0 Å². The van der Waals surface area contributed by atoms with Crippen LogP contribution < -0.4 is 10.6 Å². The fourth-order valence-corrected chi connectivity index (χ4v) is 5.07. The highest BCUT2D eigenvalue weighted by Crippen LogP contribution is 2.46. The van der Waals surface area contributed by atoms with Gasteiger partial charge in [0.25, 0.3) is 0 Å². The van der Waals surface area contributed by atoms with Crippen molar-refractivity contribution in [1.82, 2.24) is 30.2 Å². The molecule has 0 saturated carbocycles. The molecule has 3 aliphatic rings. The molecule has 2 N–H and O–H groups in total. The number of nitrogens with zero attached hydrogens (tertiary/aromatic N) is 5. The lowest BCUT2D eigenvalue weighted by Crippen LogP contribution is -2.36. The fraction of sp³-hybridized carbons (Fsp3) is 0.417. The van der Waals surface area contributed by atoms with E-state index in [1.54, 1.807) is 0 Å². The van der Waals surface area contributed by atoms with Crippen LogP contribution in [0.2, 0.25) is 0 Å². The van der Waals surface area contributed by atoms with Gasteiger partial charge in [0, 0.05) is 54.9 Å². The predicted molar refractivity (Wildman–Crippen MR) is 120 cm³/mol. The minimum absolute atomic E-state index is 0.150. The standard InChI is InChI=1S/C24H27N7/c1-15-6-10-31(11-7-15)23-19-13-26-8-4-17(19)18-14-27-24(30-22(18)23)29-21-3-2-16-12-25-9-5-20(16)28-21/h2-4,8,13-15,23,25H,5-7,9-12H2,1H3,(H,27,28,29,30)/t23-/m1/s1. The Balaban J connectivity index is 1.34. The molecule has 3 aromatic heterocycles. The Morgan fingerprint density at radius 1 is 1.06 bits per heavy atom. The number of aromatic nitrogens is 4. The molecule has 5 heterocycles. The van der Waals surface area contributed by atoms with E-state index < -0.39 is 0 Å². The molecule has 0 aromatic carbocycles. The zero-order valence-corrected chi connectivity index (χ0v) is 17.8. The third-order valence-corrected chi connectivity index (χ3v) is 6.86. The van der Waals surface area contributed by atoms with E-state index >= 15 is 0 Å². The molecule has 2 aliphatic heterocycles. The van der Waals surface area contributed by atoms with Crippen molar-refractivity contribution in [2.24, 2.45) is 5.92 Å². The second kappa shape index (κ2) is 7.66. The van der Waals surface area contributed by atoms with E-state index in [1.165, 1.54) is 29.5 Å². The van der Waals surface area contributed by atoms with Crippen LogP contribution in [0.4, 0.5) is 11.8 Å². The fourth-order valence-electron chi connectivity index (χ4n) is 5.07. The third kappa shape index (κ3) is 3.38. The van der Waals surface area contributed by atoms with E-state index in [-0.39, 0.29) is 6.04 Å². The molecule has 1 fully saturated rings. The number of fused-ring (bicyclic) bond motifs is 4. The number of likely N-dealkylation sites (tertiary alicyclic amines) is 1. The second-order valence-corrected chi connectivity index (χ2v) is 8.93. The molecular formula is C24H27N7. The first kappa shape index (κ1) is 18.8. The van der Waals surface area contributed by atoms with Gasteiger partial charge in [0.15, 0.2) is 0 Å². The summed E-state index contributed by atoms with van der Waals surface area (Å²) in [6.07, 6.45) is 9.23. The minimum atomic E-state index is 0.150. The molecule has 1 atom stereocenters. The van der Waals surface area contributed by atoms with Crippen molar-refractivity contribution in [2.75, 3.05) is 25.0 Å². The SMILES string of the molecule is CC1CCN([C@@H]2c3cnccc3-c3cnc(Nc4ccc5c(n4)CCNC5)nc32)CC1. The summed E-state index contributed by atoms with van der Waals surface area (Å²) in [6, 6.07) is 6.40. The van der Waals surface area contributed by atoms with E-state index in [0.717, 1.165) is 61.3 Å². The number of hydrogen-bond acceptors (Lipinski definition) is 7. The smallest absolute Gasteiger partial charge is 0.228 e. The van der Waals surface area contributed by atoms with Gasteiger partial charge in [0.1, 0.15) is 5.82 Å². The highest BCUT2D eigenvalue weighted by Gasteiger charge is 2.36. The van der Waals surface area contributed by atoms with Gasteiger partial charge in [0.05, 0.1) is 11.7 Å². The summed E-state index contributed by atoms with van der Waals surface area (Å²) in [5.74, 6) is 2.20. The average molecular weight is 414 g/mol. The molecule has 7 heteroatoms. The summed E-state index contributed by atoms with van der Waals surface area (Å²) in [5.41, 5.74) is 7.09. The van der Waals surface area contributed by atoms with Gasteiger partial charge in [-0.15, -0.1) is 0 Å². The Bertz CT molecular complexity index is 1120. The molecule has 0 amide bonds. The molecule has 0 bridgehead atoms. The molecule has 1 aliphatic carbocycles. The summed E-state index contributed by atoms with van der Waals surface area (Å²) in [4.78, 5) is 21.4. The summed E-state index contributed by atoms with van der Waals surface area (Å²) in [5, 5.41) is 6.74. The van der Waals surface area contributed by atoms with E-state index in [1.807, 2.05) is 24.7 Å². The first-order chi connectivity index (χ1) is 15.3. The van der Waals surface area contributed by atoms with Gasteiger partial charge >= 0.3 is 0 Å². The lowest BCUT2D eigenvalue weighted by atomic mass is 9.96. The van der Waals surface area contributed by atoms with Crippen molar-refractivity contribution in [3.05, 3.63) is 59.3 Å². The van der Waals surface area contributed by atoms with Crippen molar-refractivity contribution in [1.29, 1.82) is 0 Å². The monoisotopic (exact) mass is 413 g/mol. The molecule has 0 spiro atoms. The zero-order chi connectivity index (χ0) is 20.8. The summed E-state index contributed by atoms with van der Waals surface area (Å²) >= 11 is 0. The van der Waals surface area contributed by atoms with Gasteiger partial charge in [0.2, 0.25) is 5.95 Å². The molecule has 3 aromatic rings. The lowest BCUT2D eigenvalue weighted by molar-refractivity contribution is 0.157. The van der Waals surface area contributed by atoms with Gasteiger partial charge in [-0.25, -0.2) is 15.0 Å². The first-order valence-corrected chi connectivity index (χ1v) is 11.3. The van der Waals surface area contributed by atoms with Crippen LogP contribution in [0.25, 0.3) is 11.1 Å². The lowest BCUT2D eigenvalue weighted by Gasteiger charge is -2.35. The minimum Gasteiger partial charge on any atom is -0.312 e. The van der Waals surface area contributed by atoms with Gasteiger partial charge in [-0.05, 0) is 55.1 Å². The van der Waals surface area contributed by atoms with Crippen molar-refractivity contribution >= 4 is 11.8 Å². The maximum Gasteiger partial charge on any atom is 0.228 e. The first-order valence-electron chi connectivity index (χ1n) is 11.3. The highest BCUT2D eigenvalue weighted by molar-refractivity contribution is 5.76. The maximum atomic E-state index is 5.01. The Morgan fingerprint density at radius 2 is 1.97 bits per heavy atom.